The van der Waals surface area contributed by atoms with Crippen LogP contribution in [0.2, 0.25) is 0 Å². The van der Waals surface area contributed by atoms with Crippen molar-refractivity contribution in [1.29, 1.82) is 0 Å². The molecule has 0 rings (SSSR count). The Hall–Kier alpha value is -0.235. The molecule has 0 aliphatic carbocycles. The topological polar surface area (TPSA) is 92.8 Å². The van der Waals surface area contributed by atoms with E-state index in [1.165, 1.54) is 0 Å². The summed E-state index contributed by atoms with van der Waals surface area (Å²) in [5.74, 6) is -0.0586. The van der Waals surface area contributed by atoms with Gasteiger partial charge in [-0.3, -0.25) is 4.79 Å². The first kappa shape index (κ1) is 11.8. The average molecular weight is 193 g/mol. The summed E-state index contributed by atoms with van der Waals surface area (Å²) in [5, 5.41) is 16.5. The molecule has 5 nitrogen and oxygen atoms in total. The van der Waals surface area contributed by atoms with Crippen LogP contribution in [0.1, 0.15) is 6.42 Å². The lowest BCUT2D eigenvalue weighted by Crippen LogP contribution is -2.37. The molecular formula is C5H12BNO4S. The van der Waals surface area contributed by atoms with Crippen molar-refractivity contribution >= 4 is 25.1 Å². The van der Waals surface area contributed by atoms with Gasteiger partial charge in [0.05, 0.1) is 0 Å². The minimum absolute atomic E-state index is 0.465. The van der Waals surface area contributed by atoms with Crippen LogP contribution in [0.3, 0.4) is 0 Å². The molecule has 0 saturated heterocycles. The van der Waals surface area contributed by atoms with E-state index in [0.717, 1.165) is 5.75 Å². The van der Waals surface area contributed by atoms with E-state index in [4.69, 9.17) is 15.8 Å². The summed E-state index contributed by atoms with van der Waals surface area (Å²) < 4.78 is 4.05. The highest BCUT2D eigenvalue weighted by molar-refractivity contribution is 7.98. The zero-order valence-electron chi connectivity index (χ0n) is 6.77. The molecule has 0 unspecified atom stereocenters. The highest BCUT2D eigenvalue weighted by atomic mass is 32.2. The Morgan fingerprint density at radius 2 is 2.33 bits per heavy atom. The van der Waals surface area contributed by atoms with Gasteiger partial charge in [0.2, 0.25) is 0 Å². The Labute approximate surface area is 75.5 Å². The smallest absolute Gasteiger partial charge is 0.484 e. The zero-order valence-corrected chi connectivity index (χ0v) is 7.58. The molecule has 0 bridgehead atoms. The van der Waals surface area contributed by atoms with Gasteiger partial charge in [-0.2, -0.15) is 11.8 Å². The molecule has 12 heavy (non-hydrogen) atoms. The van der Waals surface area contributed by atoms with Crippen molar-refractivity contribution in [3.05, 3.63) is 0 Å². The first-order valence-electron chi connectivity index (χ1n) is 3.39. The maximum absolute atomic E-state index is 10.8. The largest absolute Gasteiger partial charge is 0.709 e. The van der Waals surface area contributed by atoms with Gasteiger partial charge >= 0.3 is 13.3 Å². The Kier molecular flexibility index (Phi) is 6.18. The third kappa shape index (κ3) is 5.42. The minimum Gasteiger partial charge on any atom is -0.484 e. The van der Waals surface area contributed by atoms with Crippen LogP contribution in [-0.4, -0.2) is 41.4 Å². The number of hydrogen-bond donors (Lipinski definition) is 3. The van der Waals surface area contributed by atoms with Crippen LogP contribution in [0.25, 0.3) is 0 Å². The van der Waals surface area contributed by atoms with Crippen molar-refractivity contribution in [2.45, 2.75) is 12.5 Å². The maximum atomic E-state index is 10.8. The summed E-state index contributed by atoms with van der Waals surface area (Å²) in [4.78, 5) is 10.8. The third-order valence-electron chi connectivity index (χ3n) is 1.16. The quantitative estimate of drug-likeness (QED) is 0.464. The van der Waals surface area contributed by atoms with Gasteiger partial charge in [0.1, 0.15) is 6.04 Å². The molecule has 0 spiro atoms. The van der Waals surface area contributed by atoms with Crippen LogP contribution < -0.4 is 5.73 Å². The van der Waals surface area contributed by atoms with Crippen LogP contribution in [0.4, 0.5) is 0 Å². The first-order chi connectivity index (χ1) is 5.57. The van der Waals surface area contributed by atoms with E-state index in [1.54, 1.807) is 11.8 Å². The monoisotopic (exact) mass is 193 g/mol. The number of carbonyl (C=O) groups is 1. The van der Waals surface area contributed by atoms with Crippen molar-refractivity contribution < 1.29 is 19.5 Å². The summed E-state index contributed by atoms with van der Waals surface area (Å²) in [6.45, 7) is 0. The van der Waals surface area contributed by atoms with E-state index in [9.17, 15) is 4.79 Å². The van der Waals surface area contributed by atoms with Crippen molar-refractivity contribution in [3.63, 3.8) is 0 Å². The van der Waals surface area contributed by atoms with E-state index in [-0.39, 0.29) is 0 Å². The molecule has 7 heteroatoms. The van der Waals surface area contributed by atoms with Crippen LogP contribution >= 0.6 is 11.8 Å². The van der Waals surface area contributed by atoms with E-state index in [1.807, 2.05) is 6.26 Å². The summed E-state index contributed by atoms with van der Waals surface area (Å²) >= 11 is 1.55. The summed E-state index contributed by atoms with van der Waals surface area (Å²) in [7, 11) is -2.07. The van der Waals surface area contributed by atoms with E-state index in [0.29, 0.717) is 6.42 Å². The number of hydrogen-bond acceptors (Lipinski definition) is 6. The molecule has 0 aliphatic rings. The molecule has 0 fully saturated rings. The fourth-order valence-corrected chi connectivity index (χ4v) is 1.04. The lowest BCUT2D eigenvalue weighted by atomic mass is 10.2. The highest BCUT2D eigenvalue weighted by Gasteiger charge is 2.21. The van der Waals surface area contributed by atoms with Crippen molar-refractivity contribution in [2.75, 3.05) is 12.0 Å². The van der Waals surface area contributed by atoms with E-state index < -0.39 is 19.3 Å². The number of rotatable bonds is 5. The number of thioether (sulfide) groups is 1. The lowest BCUT2D eigenvalue weighted by molar-refractivity contribution is -0.138. The molecule has 0 aromatic heterocycles. The molecule has 0 aliphatic heterocycles. The second-order valence-corrected chi connectivity index (χ2v) is 3.14. The number of carbonyl (C=O) groups excluding carboxylic acids is 1. The summed E-state index contributed by atoms with van der Waals surface area (Å²) in [6.07, 6.45) is 2.35. The standard InChI is InChI=1S/C5H12BNO4S/c1-12-3-2-4(7)5(8)11-6(9)10/h4,9-10H,2-3,7H2,1H3/t4-/m0/s1. The normalized spacial score (nSPS) is 12.3. The Morgan fingerprint density at radius 1 is 1.75 bits per heavy atom. The van der Waals surface area contributed by atoms with Gasteiger partial charge in [0.15, 0.2) is 0 Å². The average Bonchev–Trinajstić information content (AvgIpc) is 1.98. The molecule has 0 amide bonds. The van der Waals surface area contributed by atoms with E-state index in [2.05, 4.69) is 4.65 Å². The van der Waals surface area contributed by atoms with Gasteiger partial charge in [-0.15, -0.1) is 0 Å². The fraction of sp³-hybridized carbons (Fsp3) is 0.800. The van der Waals surface area contributed by atoms with Gasteiger partial charge < -0.3 is 20.4 Å². The van der Waals surface area contributed by atoms with Gasteiger partial charge in [-0.1, -0.05) is 0 Å². The summed E-state index contributed by atoms with van der Waals surface area (Å²) in [5.41, 5.74) is 5.34. The maximum Gasteiger partial charge on any atom is 0.709 e. The predicted molar refractivity (Wildman–Crippen MR) is 47.3 cm³/mol. The van der Waals surface area contributed by atoms with Crippen LogP contribution in [0, 0.1) is 0 Å². The van der Waals surface area contributed by atoms with Crippen molar-refractivity contribution in [2.24, 2.45) is 5.73 Å². The Bertz CT molecular complexity index is 145. The minimum atomic E-state index is -2.07. The molecule has 0 aromatic carbocycles. The lowest BCUT2D eigenvalue weighted by Gasteiger charge is -2.09. The van der Waals surface area contributed by atoms with Crippen LogP contribution in [0.15, 0.2) is 0 Å². The molecule has 0 radical (unpaired) electrons. The summed E-state index contributed by atoms with van der Waals surface area (Å²) in [6, 6.07) is -0.778. The van der Waals surface area contributed by atoms with Crippen LogP contribution in [-0.2, 0) is 9.45 Å². The number of nitrogens with two attached hydrogens (primary N) is 1. The van der Waals surface area contributed by atoms with Crippen molar-refractivity contribution in [3.8, 4) is 0 Å². The molecule has 0 aromatic rings. The van der Waals surface area contributed by atoms with Gasteiger partial charge in [-0.05, 0) is 18.4 Å². The molecule has 4 N–H and O–H groups in total. The van der Waals surface area contributed by atoms with Crippen molar-refractivity contribution in [1.82, 2.24) is 0 Å². The highest BCUT2D eigenvalue weighted by Crippen LogP contribution is 2.00. The van der Waals surface area contributed by atoms with E-state index >= 15 is 0 Å². The predicted octanol–water partition coefficient (Wildman–Crippen LogP) is -1.42. The molecular weight excluding hydrogens is 181 g/mol. The first-order valence-corrected chi connectivity index (χ1v) is 4.78. The Balaban J connectivity index is 3.61. The van der Waals surface area contributed by atoms with Crippen LogP contribution in [0.5, 0.6) is 0 Å². The molecule has 0 saturated carbocycles. The molecule has 1 atom stereocenters. The molecule has 0 heterocycles. The second-order valence-electron chi connectivity index (χ2n) is 2.15. The third-order valence-corrected chi connectivity index (χ3v) is 1.80. The Morgan fingerprint density at radius 3 is 2.75 bits per heavy atom. The van der Waals surface area contributed by atoms with Gasteiger partial charge in [0.25, 0.3) is 0 Å². The van der Waals surface area contributed by atoms with Gasteiger partial charge in [-0.25, -0.2) is 0 Å². The zero-order chi connectivity index (χ0) is 9.56. The fourth-order valence-electron chi connectivity index (χ4n) is 0.554. The van der Waals surface area contributed by atoms with Gasteiger partial charge in [0, 0.05) is 0 Å². The molecule has 70 valence electrons. The SMILES string of the molecule is CSCC[C@H](N)C(=O)OB(O)O. The second kappa shape index (κ2) is 6.30.